The molecule has 0 radical (unpaired) electrons. The summed E-state index contributed by atoms with van der Waals surface area (Å²) in [7, 11) is 1.86. The maximum Gasteiger partial charge on any atom is 0.283 e. The molecule has 100 valence electrons. The summed E-state index contributed by atoms with van der Waals surface area (Å²) in [5.74, 6) is 0.807. The molecule has 0 fully saturated rings. The summed E-state index contributed by atoms with van der Waals surface area (Å²) in [6.45, 7) is 1.06. The molecule has 0 spiro atoms. The van der Waals surface area contributed by atoms with Gasteiger partial charge in [0.25, 0.3) is 5.69 Å². The number of aryl methyl sites for hydroxylation is 1. The van der Waals surface area contributed by atoms with Gasteiger partial charge in [0, 0.05) is 19.7 Å². The first-order valence-electron chi connectivity index (χ1n) is 5.55. The van der Waals surface area contributed by atoms with Gasteiger partial charge in [0.1, 0.15) is 12.2 Å². The van der Waals surface area contributed by atoms with Gasteiger partial charge in [-0.25, -0.2) is 0 Å². The Morgan fingerprint density at radius 1 is 1.47 bits per heavy atom. The molecule has 0 unspecified atom stereocenters. The molecular formula is C11H12BrN5O2. The third kappa shape index (κ3) is 3.15. The molecule has 7 nitrogen and oxygen atoms in total. The second-order valence-corrected chi connectivity index (χ2v) is 4.76. The van der Waals surface area contributed by atoms with Crippen LogP contribution in [0.1, 0.15) is 11.4 Å². The first-order chi connectivity index (χ1) is 9.09. The largest absolute Gasteiger partial charge is 0.320 e. The minimum Gasteiger partial charge on any atom is -0.320 e. The fourth-order valence-electron chi connectivity index (χ4n) is 1.62. The van der Waals surface area contributed by atoms with Crippen molar-refractivity contribution in [3.63, 3.8) is 0 Å². The minimum absolute atomic E-state index is 0.0676. The molecule has 0 aliphatic carbocycles. The van der Waals surface area contributed by atoms with E-state index in [4.69, 9.17) is 0 Å². The number of rotatable bonds is 5. The van der Waals surface area contributed by atoms with Crippen LogP contribution in [-0.4, -0.2) is 19.7 Å². The van der Waals surface area contributed by atoms with E-state index in [1.807, 2.05) is 17.7 Å². The van der Waals surface area contributed by atoms with Crippen molar-refractivity contribution in [2.45, 2.75) is 13.1 Å². The topological polar surface area (TPSA) is 85.9 Å². The highest BCUT2D eigenvalue weighted by Crippen LogP contribution is 2.28. The van der Waals surface area contributed by atoms with Gasteiger partial charge in [-0.2, -0.15) is 0 Å². The lowest BCUT2D eigenvalue weighted by Gasteiger charge is -2.06. The number of hydrogen-bond acceptors (Lipinski definition) is 5. The number of benzene rings is 1. The van der Waals surface area contributed by atoms with Gasteiger partial charge in [0.05, 0.1) is 15.9 Å². The average Bonchev–Trinajstić information content (AvgIpc) is 2.77. The van der Waals surface area contributed by atoms with Crippen LogP contribution in [0.3, 0.4) is 0 Å². The van der Waals surface area contributed by atoms with Gasteiger partial charge in [0.15, 0.2) is 0 Å². The maximum absolute atomic E-state index is 10.8. The molecule has 19 heavy (non-hydrogen) atoms. The van der Waals surface area contributed by atoms with Crippen LogP contribution in [0, 0.1) is 10.1 Å². The van der Waals surface area contributed by atoms with E-state index in [9.17, 15) is 10.1 Å². The standard InChI is InChI=1S/C11H12BrN5O2/c1-16-7-14-15-10(16)6-13-5-8-3-2-4-9(11(8)12)17(18)19/h2-4,7,13H,5-6H2,1H3. The molecule has 2 aromatic rings. The number of hydrogen-bond donors (Lipinski definition) is 1. The highest BCUT2D eigenvalue weighted by molar-refractivity contribution is 9.10. The minimum atomic E-state index is -0.406. The summed E-state index contributed by atoms with van der Waals surface area (Å²) in [6.07, 6.45) is 1.63. The van der Waals surface area contributed by atoms with Gasteiger partial charge >= 0.3 is 0 Å². The van der Waals surface area contributed by atoms with Gasteiger partial charge in [0.2, 0.25) is 0 Å². The summed E-state index contributed by atoms with van der Waals surface area (Å²) in [6, 6.07) is 4.97. The third-order valence-corrected chi connectivity index (χ3v) is 3.57. The van der Waals surface area contributed by atoms with Gasteiger partial charge < -0.3 is 9.88 Å². The predicted octanol–water partition coefficient (Wildman–Crippen LogP) is 1.78. The number of halogens is 1. The lowest BCUT2D eigenvalue weighted by molar-refractivity contribution is -0.385. The lowest BCUT2D eigenvalue weighted by Crippen LogP contribution is -2.16. The summed E-state index contributed by atoms with van der Waals surface area (Å²) in [5.41, 5.74) is 0.898. The zero-order valence-electron chi connectivity index (χ0n) is 10.2. The number of nitro groups is 1. The predicted molar refractivity (Wildman–Crippen MR) is 72.3 cm³/mol. The first-order valence-corrected chi connectivity index (χ1v) is 6.34. The van der Waals surface area contributed by atoms with Crippen molar-refractivity contribution in [2.24, 2.45) is 7.05 Å². The van der Waals surface area contributed by atoms with Crippen LogP contribution in [0.25, 0.3) is 0 Å². The molecule has 1 heterocycles. The van der Waals surface area contributed by atoms with Crippen LogP contribution in [0.5, 0.6) is 0 Å². The Morgan fingerprint density at radius 3 is 2.89 bits per heavy atom. The average molecular weight is 326 g/mol. The molecule has 8 heteroatoms. The van der Waals surface area contributed by atoms with E-state index < -0.39 is 4.92 Å². The molecule has 0 saturated carbocycles. The Hall–Kier alpha value is -1.80. The van der Waals surface area contributed by atoms with Crippen LogP contribution >= 0.6 is 15.9 Å². The monoisotopic (exact) mass is 325 g/mol. The lowest BCUT2D eigenvalue weighted by atomic mass is 10.2. The molecule has 1 N–H and O–H groups in total. The fraction of sp³-hybridized carbons (Fsp3) is 0.273. The SMILES string of the molecule is Cn1cnnc1CNCc1cccc([N+](=O)[O-])c1Br. The van der Waals surface area contributed by atoms with Crippen molar-refractivity contribution < 1.29 is 4.92 Å². The summed E-state index contributed by atoms with van der Waals surface area (Å²) in [5, 5.41) is 21.7. The molecule has 1 aromatic carbocycles. The molecule has 0 atom stereocenters. The summed E-state index contributed by atoms with van der Waals surface area (Å²) in [4.78, 5) is 10.4. The van der Waals surface area contributed by atoms with Crippen molar-refractivity contribution in [2.75, 3.05) is 0 Å². The Balaban J connectivity index is 2.02. The van der Waals surface area contributed by atoms with Crippen molar-refractivity contribution >= 4 is 21.6 Å². The number of nitrogens with zero attached hydrogens (tertiary/aromatic N) is 4. The van der Waals surface area contributed by atoms with E-state index in [1.165, 1.54) is 6.07 Å². The van der Waals surface area contributed by atoms with E-state index in [2.05, 4.69) is 31.4 Å². The van der Waals surface area contributed by atoms with Crippen molar-refractivity contribution in [3.8, 4) is 0 Å². The van der Waals surface area contributed by atoms with Gasteiger partial charge in [-0.05, 0) is 21.5 Å². The number of aromatic nitrogens is 3. The van der Waals surface area contributed by atoms with E-state index in [1.54, 1.807) is 12.4 Å². The smallest absolute Gasteiger partial charge is 0.283 e. The third-order valence-electron chi connectivity index (χ3n) is 2.66. The summed E-state index contributed by atoms with van der Waals surface area (Å²) < 4.78 is 2.32. The number of nitro benzene ring substituents is 1. The van der Waals surface area contributed by atoms with Crippen LogP contribution < -0.4 is 5.32 Å². The maximum atomic E-state index is 10.8. The second-order valence-electron chi connectivity index (χ2n) is 3.97. The van der Waals surface area contributed by atoms with E-state index in [0.717, 1.165) is 11.4 Å². The van der Waals surface area contributed by atoms with Crippen LogP contribution in [0.2, 0.25) is 0 Å². The second kappa shape index (κ2) is 5.89. The van der Waals surface area contributed by atoms with Gasteiger partial charge in [-0.3, -0.25) is 10.1 Å². The van der Waals surface area contributed by atoms with Crippen LogP contribution in [-0.2, 0) is 20.1 Å². The zero-order valence-corrected chi connectivity index (χ0v) is 11.8. The Bertz CT molecular complexity index is 599. The Kier molecular flexibility index (Phi) is 4.23. The quantitative estimate of drug-likeness (QED) is 0.668. The zero-order chi connectivity index (χ0) is 13.8. The number of nitrogens with one attached hydrogen (secondary N) is 1. The summed E-state index contributed by atoms with van der Waals surface area (Å²) >= 11 is 3.26. The Labute approximate surface area is 117 Å². The van der Waals surface area contributed by atoms with Crippen molar-refractivity contribution in [1.29, 1.82) is 0 Å². The van der Waals surface area contributed by atoms with E-state index in [-0.39, 0.29) is 5.69 Å². The van der Waals surface area contributed by atoms with Crippen LogP contribution in [0.15, 0.2) is 29.0 Å². The molecule has 0 bridgehead atoms. The first kappa shape index (κ1) is 13.6. The van der Waals surface area contributed by atoms with Crippen molar-refractivity contribution in [1.82, 2.24) is 20.1 Å². The highest BCUT2D eigenvalue weighted by Gasteiger charge is 2.14. The van der Waals surface area contributed by atoms with Crippen LogP contribution in [0.4, 0.5) is 5.69 Å². The molecule has 0 amide bonds. The normalized spacial score (nSPS) is 10.6. The molecular weight excluding hydrogens is 314 g/mol. The van der Waals surface area contributed by atoms with Gasteiger partial charge in [-0.1, -0.05) is 12.1 Å². The molecule has 0 aliphatic rings. The highest BCUT2D eigenvalue weighted by atomic mass is 79.9. The van der Waals surface area contributed by atoms with E-state index in [0.29, 0.717) is 17.6 Å². The fourth-order valence-corrected chi connectivity index (χ4v) is 2.17. The molecule has 0 saturated heterocycles. The molecule has 1 aromatic heterocycles. The molecule has 2 rings (SSSR count). The Morgan fingerprint density at radius 2 is 2.26 bits per heavy atom. The van der Waals surface area contributed by atoms with Gasteiger partial charge in [-0.15, -0.1) is 10.2 Å². The van der Waals surface area contributed by atoms with E-state index >= 15 is 0 Å². The molecule has 0 aliphatic heterocycles. The van der Waals surface area contributed by atoms with Crippen molar-refractivity contribution in [3.05, 3.63) is 50.5 Å².